The molecule has 0 fully saturated rings. The number of ether oxygens (including phenoxy) is 3. The van der Waals surface area contributed by atoms with Crippen LogP contribution in [-0.4, -0.2) is 38.5 Å². The Kier molecular flexibility index (Phi) is 9.47. The molecule has 0 radical (unpaired) electrons. The van der Waals surface area contributed by atoms with Crippen molar-refractivity contribution >= 4 is 52.3 Å². The summed E-state index contributed by atoms with van der Waals surface area (Å²) >= 11 is 8.73. The van der Waals surface area contributed by atoms with Gasteiger partial charge in [0.1, 0.15) is 18.1 Å². The summed E-state index contributed by atoms with van der Waals surface area (Å²) in [7, 11) is 2.94. The predicted molar refractivity (Wildman–Crippen MR) is 142 cm³/mol. The topological polar surface area (TPSA) is 110 Å². The summed E-state index contributed by atoms with van der Waals surface area (Å²) in [6, 6.07) is 9.06. The molecule has 0 spiro atoms. The highest BCUT2D eigenvalue weighted by Gasteiger charge is 2.36. The van der Waals surface area contributed by atoms with Crippen molar-refractivity contribution in [2.45, 2.75) is 12.8 Å². The van der Waals surface area contributed by atoms with Gasteiger partial charge in [0.2, 0.25) is 5.91 Å². The lowest BCUT2D eigenvalue weighted by Crippen LogP contribution is -2.29. The van der Waals surface area contributed by atoms with Crippen LogP contribution in [0.5, 0.6) is 11.5 Å². The number of anilines is 1. The van der Waals surface area contributed by atoms with E-state index in [1.807, 2.05) is 17.5 Å². The third-order valence-electron chi connectivity index (χ3n) is 5.12. The average molecular weight is 546 g/mol. The zero-order valence-corrected chi connectivity index (χ0v) is 22.2. The monoisotopic (exact) mass is 545 g/mol. The first-order chi connectivity index (χ1) is 17.3. The molecule has 0 saturated carbocycles. The maximum absolute atomic E-state index is 12.8. The number of rotatable bonds is 10. The van der Waals surface area contributed by atoms with Crippen LogP contribution in [0.25, 0.3) is 0 Å². The number of nitrogens with one attached hydrogen (secondary N) is 2. The van der Waals surface area contributed by atoms with Crippen LogP contribution in [0, 0.1) is 11.3 Å². The second-order valence-electron chi connectivity index (χ2n) is 7.38. The van der Waals surface area contributed by atoms with E-state index in [9.17, 15) is 14.9 Å². The van der Waals surface area contributed by atoms with Gasteiger partial charge in [-0.2, -0.15) is 5.26 Å². The van der Waals surface area contributed by atoms with E-state index in [2.05, 4.69) is 23.3 Å². The number of hydrogen-bond acceptors (Lipinski definition) is 9. The molecule has 0 aliphatic carbocycles. The number of methoxy groups -OCH3 is 2. The van der Waals surface area contributed by atoms with Crippen LogP contribution >= 0.6 is 34.7 Å². The summed E-state index contributed by atoms with van der Waals surface area (Å²) in [6.45, 7) is 5.37. The zero-order valence-electron chi connectivity index (χ0n) is 19.8. The van der Waals surface area contributed by atoms with Gasteiger partial charge in [-0.3, -0.25) is 4.79 Å². The first-order valence-electron chi connectivity index (χ1n) is 10.6. The van der Waals surface area contributed by atoms with Crippen molar-refractivity contribution in [3.8, 4) is 17.6 Å². The number of hydrogen-bond donors (Lipinski definition) is 2. The minimum Gasteiger partial charge on any atom is -0.495 e. The smallest absolute Gasteiger partial charge is 0.337 e. The minimum absolute atomic E-state index is 0.0116. The van der Waals surface area contributed by atoms with E-state index in [1.54, 1.807) is 19.1 Å². The molecule has 3 rings (SSSR count). The number of allylic oxidation sites excluding steroid dienone is 2. The number of amides is 1. The Labute approximate surface area is 222 Å². The summed E-state index contributed by atoms with van der Waals surface area (Å²) in [5.74, 6) is -0.719. The Bertz CT molecular complexity index is 1270. The fourth-order valence-electron chi connectivity index (χ4n) is 3.53. The molecule has 36 heavy (non-hydrogen) atoms. The number of esters is 1. The number of nitriles is 1. The molecular weight excluding hydrogens is 522 g/mol. The fourth-order valence-corrected chi connectivity index (χ4v) is 5.50. The van der Waals surface area contributed by atoms with E-state index in [0.29, 0.717) is 44.1 Å². The van der Waals surface area contributed by atoms with Crippen molar-refractivity contribution in [2.24, 2.45) is 0 Å². The van der Waals surface area contributed by atoms with Gasteiger partial charge >= 0.3 is 5.97 Å². The molecule has 11 heteroatoms. The first kappa shape index (κ1) is 27.2. The van der Waals surface area contributed by atoms with Gasteiger partial charge in [0.25, 0.3) is 0 Å². The van der Waals surface area contributed by atoms with Crippen LogP contribution in [0.4, 0.5) is 5.69 Å². The summed E-state index contributed by atoms with van der Waals surface area (Å²) in [6.07, 6.45) is 1.48. The highest BCUT2D eigenvalue weighted by Crippen LogP contribution is 2.42. The first-order valence-corrected chi connectivity index (χ1v) is 12.9. The Balaban J connectivity index is 1.85. The number of carbonyl (C=O) groups is 2. The molecule has 1 aromatic heterocycles. The molecule has 0 saturated heterocycles. The largest absolute Gasteiger partial charge is 0.495 e. The van der Waals surface area contributed by atoms with E-state index in [1.165, 1.54) is 31.6 Å². The van der Waals surface area contributed by atoms with Crippen LogP contribution in [-0.2, 0) is 14.3 Å². The quantitative estimate of drug-likeness (QED) is 0.309. The molecule has 0 bridgehead atoms. The van der Waals surface area contributed by atoms with Crippen molar-refractivity contribution in [3.05, 3.63) is 74.1 Å². The van der Waals surface area contributed by atoms with E-state index in [-0.39, 0.29) is 18.3 Å². The third-order valence-corrected chi connectivity index (χ3v) is 7.37. The SMILES string of the molecule is C=CCOC(=O)C1=C(C)NC(SCC(=O)Nc2cc(OC)c(Cl)cc2OC)=C(C#N)C1c1cccs1. The maximum Gasteiger partial charge on any atom is 0.337 e. The van der Waals surface area contributed by atoms with Crippen molar-refractivity contribution < 1.29 is 23.8 Å². The maximum atomic E-state index is 12.8. The lowest BCUT2D eigenvalue weighted by Gasteiger charge is -2.28. The number of dihydropyridines is 1. The lowest BCUT2D eigenvalue weighted by atomic mass is 9.87. The number of thioether (sulfide) groups is 1. The number of halogens is 1. The summed E-state index contributed by atoms with van der Waals surface area (Å²) in [5, 5.41) is 18.7. The number of thiophene rings is 1. The van der Waals surface area contributed by atoms with Gasteiger partial charge in [0.15, 0.2) is 0 Å². The van der Waals surface area contributed by atoms with Crippen molar-refractivity contribution in [2.75, 3.05) is 31.9 Å². The second kappa shape index (κ2) is 12.5. The van der Waals surface area contributed by atoms with E-state index >= 15 is 0 Å². The van der Waals surface area contributed by atoms with Gasteiger partial charge in [0.05, 0.1) is 58.8 Å². The number of nitrogens with zero attached hydrogens (tertiary/aromatic N) is 1. The van der Waals surface area contributed by atoms with Crippen LogP contribution in [0.2, 0.25) is 5.02 Å². The lowest BCUT2D eigenvalue weighted by molar-refractivity contribution is -0.138. The van der Waals surface area contributed by atoms with Crippen LogP contribution in [0.3, 0.4) is 0 Å². The minimum atomic E-state index is -0.611. The van der Waals surface area contributed by atoms with Gasteiger partial charge in [-0.1, -0.05) is 42.1 Å². The van der Waals surface area contributed by atoms with Crippen LogP contribution in [0.1, 0.15) is 17.7 Å². The van der Waals surface area contributed by atoms with Crippen LogP contribution < -0.4 is 20.1 Å². The molecule has 2 aromatic rings. The molecule has 1 aromatic carbocycles. The van der Waals surface area contributed by atoms with Gasteiger partial charge in [-0.25, -0.2) is 4.79 Å². The Morgan fingerprint density at radius 2 is 2.08 bits per heavy atom. The number of benzene rings is 1. The summed E-state index contributed by atoms with van der Waals surface area (Å²) < 4.78 is 15.8. The average Bonchev–Trinajstić information content (AvgIpc) is 3.41. The van der Waals surface area contributed by atoms with Gasteiger partial charge in [-0.05, 0) is 18.4 Å². The van der Waals surface area contributed by atoms with E-state index < -0.39 is 11.9 Å². The molecule has 1 aliphatic heterocycles. The fraction of sp³-hybridized carbons (Fsp3) is 0.240. The van der Waals surface area contributed by atoms with Gasteiger partial charge in [-0.15, -0.1) is 11.3 Å². The summed E-state index contributed by atoms with van der Waals surface area (Å²) in [5.41, 5.74) is 1.63. The molecule has 8 nitrogen and oxygen atoms in total. The van der Waals surface area contributed by atoms with Crippen molar-refractivity contribution in [1.29, 1.82) is 5.26 Å². The Morgan fingerprint density at radius 3 is 2.69 bits per heavy atom. The molecule has 2 heterocycles. The molecule has 2 N–H and O–H groups in total. The van der Waals surface area contributed by atoms with Crippen LogP contribution in [0.15, 0.2) is 64.2 Å². The highest BCUT2D eigenvalue weighted by atomic mass is 35.5. The van der Waals surface area contributed by atoms with E-state index in [4.69, 9.17) is 25.8 Å². The molecule has 1 unspecified atom stereocenters. The highest BCUT2D eigenvalue weighted by molar-refractivity contribution is 8.03. The third kappa shape index (κ3) is 6.05. The number of carbonyl (C=O) groups excluding carboxylic acids is 2. The van der Waals surface area contributed by atoms with Crippen molar-refractivity contribution in [3.63, 3.8) is 0 Å². The molecule has 1 atom stereocenters. The Hall–Kier alpha value is -3.39. The Morgan fingerprint density at radius 1 is 1.33 bits per heavy atom. The van der Waals surface area contributed by atoms with Gasteiger partial charge < -0.3 is 24.8 Å². The van der Waals surface area contributed by atoms with Gasteiger partial charge in [0, 0.05) is 22.7 Å². The predicted octanol–water partition coefficient (Wildman–Crippen LogP) is 5.22. The second-order valence-corrected chi connectivity index (χ2v) is 9.75. The molecular formula is C25H24ClN3O5S2. The van der Waals surface area contributed by atoms with Crippen molar-refractivity contribution in [1.82, 2.24) is 5.32 Å². The molecule has 188 valence electrons. The summed E-state index contributed by atoms with van der Waals surface area (Å²) in [4.78, 5) is 26.5. The van der Waals surface area contributed by atoms with E-state index in [0.717, 1.165) is 16.6 Å². The molecule has 1 aliphatic rings. The standard InChI is InChI=1S/C25H24ClN3O5S2/c1-5-8-34-25(31)22-14(2)28-24(15(12-27)23(22)20-7-6-9-35-20)36-13-21(30)29-17-11-18(32-3)16(26)10-19(17)33-4/h5-7,9-11,23,28H,1,8,13H2,2-4H3,(H,29,30). The molecule has 1 amide bonds. The normalized spacial score (nSPS) is 15.0. The zero-order chi connectivity index (χ0) is 26.2.